The molecule has 2 amide bonds. The number of nitrogens with one attached hydrogen (secondary N) is 2. The molecule has 2 rings (SSSR count). The SMILES string of the molecule is CCCCCN1C(=O)CNC(=O)C2=C1CCN2. The van der Waals surface area contributed by atoms with Crippen molar-refractivity contribution >= 4 is 11.8 Å². The fourth-order valence-electron chi connectivity index (χ4n) is 2.28. The molecule has 0 spiro atoms. The van der Waals surface area contributed by atoms with Crippen molar-refractivity contribution in [2.75, 3.05) is 19.6 Å². The van der Waals surface area contributed by atoms with Crippen molar-refractivity contribution in [3.05, 3.63) is 11.4 Å². The van der Waals surface area contributed by atoms with E-state index in [1.807, 2.05) is 0 Å². The summed E-state index contributed by atoms with van der Waals surface area (Å²) in [5.41, 5.74) is 1.47. The van der Waals surface area contributed by atoms with Gasteiger partial charge >= 0.3 is 0 Å². The van der Waals surface area contributed by atoms with E-state index >= 15 is 0 Å². The van der Waals surface area contributed by atoms with Crippen molar-refractivity contribution in [3.8, 4) is 0 Å². The zero-order valence-corrected chi connectivity index (χ0v) is 10.2. The molecule has 0 saturated heterocycles. The molecule has 0 unspecified atom stereocenters. The van der Waals surface area contributed by atoms with Crippen molar-refractivity contribution < 1.29 is 9.59 Å². The highest BCUT2D eigenvalue weighted by Crippen LogP contribution is 2.21. The first-order valence-corrected chi connectivity index (χ1v) is 6.29. The quantitative estimate of drug-likeness (QED) is 0.693. The van der Waals surface area contributed by atoms with Crippen LogP contribution in [0.5, 0.6) is 0 Å². The van der Waals surface area contributed by atoms with E-state index in [4.69, 9.17) is 0 Å². The molecular weight excluding hydrogens is 218 g/mol. The Kier molecular flexibility index (Phi) is 3.66. The standard InChI is InChI=1S/C12H19N3O2/c1-2-3-4-7-15-9-5-6-13-11(9)12(17)14-8-10(15)16/h13H,2-8H2,1H3,(H,14,17). The number of amides is 2. The van der Waals surface area contributed by atoms with Crippen LogP contribution in [-0.2, 0) is 9.59 Å². The number of rotatable bonds is 4. The Morgan fingerprint density at radius 3 is 2.82 bits per heavy atom. The largest absolute Gasteiger partial charge is 0.379 e. The van der Waals surface area contributed by atoms with Crippen molar-refractivity contribution in [1.29, 1.82) is 0 Å². The van der Waals surface area contributed by atoms with Crippen LogP contribution in [-0.4, -0.2) is 36.3 Å². The lowest BCUT2D eigenvalue weighted by Crippen LogP contribution is -2.37. The Morgan fingerprint density at radius 2 is 2.06 bits per heavy atom. The van der Waals surface area contributed by atoms with Crippen molar-refractivity contribution in [3.63, 3.8) is 0 Å². The molecule has 0 atom stereocenters. The molecule has 0 fully saturated rings. The first-order chi connectivity index (χ1) is 8.24. The first kappa shape index (κ1) is 12.0. The van der Waals surface area contributed by atoms with Gasteiger partial charge in [-0.15, -0.1) is 0 Å². The molecule has 0 aliphatic carbocycles. The van der Waals surface area contributed by atoms with Crippen molar-refractivity contribution in [2.24, 2.45) is 0 Å². The smallest absolute Gasteiger partial charge is 0.269 e. The molecular formula is C12H19N3O2. The molecule has 0 saturated carbocycles. The summed E-state index contributed by atoms with van der Waals surface area (Å²) in [5, 5.41) is 5.70. The number of unbranched alkanes of at least 4 members (excludes halogenated alkanes) is 2. The number of nitrogens with zero attached hydrogens (tertiary/aromatic N) is 1. The molecule has 5 heteroatoms. The number of carbonyl (C=O) groups is 2. The molecule has 2 heterocycles. The minimum atomic E-state index is -0.149. The summed E-state index contributed by atoms with van der Waals surface area (Å²) in [4.78, 5) is 25.4. The van der Waals surface area contributed by atoms with E-state index in [1.165, 1.54) is 0 Å². The van der Waals surface area contributed by atoms with Gasteiger partial charge in [0, 0.05) is 19.5 Å². The molecule has 17 heavy (non-hydrogen) atoms. The summed E-state index contributed by atoms with van der Waals surface area (Å²) in [6.07, 6.45) is 4.00. The van der Waals surface area contributed by atoms with Crippen LogP contribution in [0, 0.1) is 0 Å². The Hall–Kier alpha value is -1.52. The van der Waals surface area contributed by atoms with Gasteiger partial charge in [0.05, 0.1) is 12.2 Å². The van der Waals surface area contributed by atoms with Gasteiger partial charge in [0.15, 0.2) is 0 Å². The molecule has 0 radical (unpaired) electrons. The maximum Gasteiger partial charge on any atom is 0.269 e. The zero-order valence-electron chi connectivity index (χ0n) is 10.2. The molecule has 2 N–H and O–H groups in total. The monoisotopic (exact) mass is 237 g/mol. The summed E-state index contributed by atoms with van der Waals surface area (Å²) in [6, 6.07) is 0. The van der Waals surface area contributed by atoms with E-state index in [0.29, 0.717) is 5.70 Å². The van der Waals surface area contributed by atoms with Crippen LogP contribution in [0.3, 0.4) is 0 Å². The molecule has 0 aromatic rings. The highest BCUT2D eigenvalue weighted by Gasteiger charge is 2.31. The van der Waals surface area contributed by atoms with Crippen LogP contribution in [0.25, 0.3) is 0 Å². The maximum absolute atomic E-state index is 11.9. The predicted octanol–water partition coefficient (Wildman–Crippen LogP) is 0.340. The summed E-state index contributed by atoms with van der Waals surface area (Å²) in [6.45, 7) is 3.72. The highest BCUT2D eigenvalue weighted by molar-refractivity contribution is 5.99. The normalized spacial score (nSPS) is 19.9. The molecule has 0 bridgehead atoms. The molecule has 2 aliphatic heterocycles. The van der Waals surface area contributed by atoms with E-state index in [9.17, 15) is 9.59 Å². The van der Waals surface area contributed by atoms with Gasteiger partial charge in [-0.2, -0.15) is 0 Å². The third kappa shape index (κ3) is 2.43. The number of hydrogen-bond donors (Lipinski definition) is 2. The Balaban J connectivity index is 2.14. The van der Waals surface area contributed by atoms with Gasteiger partial charge < -0.3 is 15.5 Å². The van der Waals surface area contributed by atoms with Gasteiger partial charge in [0.1, 0.15) is 5.70 Å². The number of hydrogen-bond acceptors (Lipinski definition) is 3. The van der Waals surface area contributed by atoms with E-state index in [-0.39, 0.29) is 18.4 Å². The minimum absolute atomic E-state index is 0.00292. The minimum Gasteiger partial charge on any atom is -0.379 e. The molecule has 2 aliphatic rings. The van der Waals surface area contributed by atoms with E-state index in [1.54, 1.807) is 4.90 Å². The highest BCUT2D eigenvalue weighted by atomic mass is 16.2. The average molecular weight is 237 g/mol. The van der Waals surface area contributed by atoms with Crippen molar-refractivity contribution in [1.82, 2.24) is 15.5 Å². The summed E-state index contributed by atoms with van der Waals surface area (Å²) in [5.74, 6) is -0.146. The fourth-order valence-corrected chi connectivity index (χ4v) is 2.28. The summed E-state index contributed by atoms with van der Waals surface area (Å²) >= 11 is 0. The van der Waals surface area contributed by atoms with E-state index < -0.39 is 0 Å². The second-order valence-corrected chi connectivity index (χ2v) is 4.43. The Morgan fingerprint density at radius 1 is 1.24 bits per heavy atom. The zero-order chi connectivity index (χ0) is 12.3. The van der Waals surface area contributed by atoms with Crippen LogP contribution in [0.15, 0.2) is 11.4 Å². The van der Waals surface area contributed by atoms with E-state index in [2.05, 4.69) is 17.6 Å². The van der Waals surface area contributed by atoms with Crippen molar-refractivity contribution in [2.45, 2.75) is 32.6 Å². The molecule has 5 nitrogen and oxygen atoms in total. The van der Waals surface area contributed by atoms with Crippen LogP contribution >= 0.6 is 0 Å². The predicted molar refractivity (Wildman–Crippen MR) is 63.9 cm³/mol. The lowest BCUT2D eigenvalue weighted by molar-refractivity contribution is -0.129. The second kappa shape index (κ2) is 5.21. The van der Waals surface area contributed by atoms with Gasteiger partial charge in [0.25, 0.3) is 5.91 Å². The van der Waals surface area contributed by atoms with E-state index in [0.717, 1.165) is 44.5 Å². The Bertz CT molecular complexity index is 363. The first-order valence-electron chi connectivity index (χ1n) is 6.29. The van der Waals surface area contributed by atoms with Crippen LogP contribution in [0.4, 0.5) is 0 Å². The number of carbonyl (C=O) groups excluding carboxylic acids is 2. The average Bonchev–Trinajstić information content (AvgIpc) is 2.76. The molecule has 0 aromatic heterocycles. The Labute approximate surface area is 101 Å². The van der Waals surface area contributed by atoms with Gasteiger partial charge in [-0.25, -0.2) is 0 Å². The maximum atomic E-state index is 11.9. The third-order valence-electron chi connectivity index (χ3n) is 3.19. The van der Waals surface area contributed by atoms with Gasteiger partial charge in [-0.3, -0.25) is 9.59 Å². The summed E-state index contributed by atoms with van der Waals surface area (Å²) in [7, 11) is 0. The van der Waals surface area contributed by atoms with Crippen LogP contribution < -0.4 is 10.6 Å². The topological polar surface area (TPSA) is 61.4 Å². The fraction of sp³-hybridized carbons (Fsp3) is 0.667. The van der Waals surface area contributed by atoms with Crippen LogP contribution in [0.1, 0.15) is 32.6 Å². The van der Waals surface area contributed by atoms with Gasteiger partial charge in [-0.1, -0.05) is 19.8 Å². The van der Waals surface area contributed by atoms with Crippen LogP contribution in [0.2, 0.25) is 0 Å². The third-order valence-corrected chi connectivity index (χ3v) is 3.19. The van der Waals surface area contributed by atoms with Gasteiger partial charge in [-0.05, 0) is 6.42 Å². The lowest BCUT2D eigenvalue weighted by atomic mass is 10.2. The second-order valence-electron chi connectivity index (χ2n) is 4.43. The molecule has 94 valence electrons. The lowest BCUT2D eigenvalue weighted by Gasteiger charge is -2.22. The van der Waals surface area contributed by atoms with Gasteiger partial charge in [0.2, 0.25) is 5.91 Å². The molecule has 0 aromatic carbocycles. The summed E-state index contributed by atoms with van der Waals surface area (Å²) < 4.78 is 0.